The molecule has 1 aromatic carbocycles. The fourth-order valence-electron chi connectivity index (χ4n) is 3.40. The van der Waals surface area contributed by atoms with Crippen LogP contribution in [0.2, 0.25) is 0 Å². The van der Waals surface area contributed by atoms with Crippen molar-refractivity contribution < 1.29 is 4.79 Å². The largest absolute Gasteiger partial charge is 0.369 e. The van der Waals surface area contributed by atoms with Gasteiger partial charge in [-0.15, -0.1) is 0 Å². The van der Waals surface area contributed by atoms with E-state index in [9.17, 15) is 4.79 Å². The molecule has 3 N–H and O–H groups in total. The van der Waals surface area contributed by atoms with E-state index < -0.39 is 5.91 Å². The second-order valence-corrected chi connectivity index (χ2v) is 6.35. The van der Waals surface area contributed by atoms with Crippen molar-refractivity contribution in [3.05, 3.63) is 54.0 Å². The number of benzene rings is 1. The predicted molar refractivity (Wildman–Crippen MR) is 96.9 cm³/mol. The van der Waals surface area contributed by atoms with Crippen LogP contribution in [0.15, 0.2) is 42.7 Å². The molecule has 1 amide bonds. The fraction of sp³-hybridized carbons (Fsp3) is 0.278. The van der Waals surface area contributed by atoms with Crippen molar-refractivity contribution in [2.45, 2.75) is 19.4 Å². The number of aromatic nitrogens is 3. The predicted octanol–water partition coefficient (Wildman–Crippen LogP) is 1.83. The highest BCUT2D eigenvalue weighted by Gasteiger charge is 2.25. The van der Waals surface area contributed by atoms with Crippen LogP contribution in [0, 0.1) is 6.92 Å². The molecule has 2 aromatic heterocycles. The summed E-state index contributed by atoms with van der Waals surface area (Å²) in [5, 5.41) is 7.93. The summed E-state index contributed by atoms with van der Waals surface area (Å²) in [5.41, 5.74) is 8.89. The van der Waals surface area contributed by atoms with Crippen molar-refractivity contribution in [3.8, 4) is 0 Å². The van der Waals surface area contributed by atoms with E-state index in [0.29, 0.717) is 5.56 Å². The van der Waals surface area contributed by atoms with E-state index in [1.807, 2.05) is 41.9 Å². The number of hydrogen-bond acceptors (Lipinski definition) is 5. The van der Waals surface area contributed by atoms with Gasteiger partial charge in [-0.25, -0.2) is 9.50 Å². The third kappa shape index (κ3) is 2.88. The summed E-state index contributed by atoms with van der Waals surface area (Å²) in [6.45, 7) is 3.62. The summed E-state index contributed by atoms with van der Waals surface area (Å²) in [5.74, 6) is 0.436. The second-order valence-electron chi connectivity index (χ2n) is 6.35. The normalized spacial score (nSPS) is 17.2. The molecule has 0 spiro atoms. The molecule has 1 saturated heterocycles. The molecule has 0 radical (unpaired) electrons. The molecule has 128 valence electrons. The maximum absolute atomic E-state index is 11.7. The highest BCUT2D eigenvalue weighted by Crippen LogP contribution is 2.26. The van der Waals surface area contributed by atoms with E-state index in [1.54, 1.807) is 12.3 Å². The van der Waals surface area contributed by atoms with Crippen molar-refractivity contribution in [3.63, 3.8) is 0 Å². The molecule has 25 heavy (non-hydrogen) atoms. The number of nitrogens with one attached hydrogen (secondary N) is 1. The van der Waals surface area contributed by atoms with Crippen molar-refractivity contribution in [1.29, 1.82) is 0 Å². The minimum Gasteiger partial charge on any atom is -0.369 e. The molecule has 7 nitrogen and oxygen atoms in total. The molecule has 0 aliphatic carbocycles. The third-order valence-electron chi connectivity index (χ3n) is 4.55. The first-order valence-corrected chi connectivity index (χ1v) is 8.33. The van der Waals surface area contributed by atoms with Crippen LogP contribution >= 0.6 is 0 Å². The number of carbonyl (C=O) groups is 1. The number of para-hydroxylation sites is 1. The van der Waals surface area contributed by atoms with Crippen LogP contribution in [0.3, 0.4) is 0 Å². The van der Waals surface area contributed by atoms with E-state index in [4.69, 9.17) is 5.73 Å². The molecule has 7 heteroatoms. The summed E-state index contributed by atoms with van der Waals surface area (Å²) in [4.78, 5) is 18.3. The summed E-state index contributed by atoms with van der Waals surface area (Å²) in [6, 6.07) is 9.75. The van der Waals surface area contributed by atoms with E-state index in [1.165, 1.54) is 0 Å². The maximum atomic E-state index is 11.7. The number of rotatable bonds is 4. The number of carbonyl (C=O) groups excluding carboxylic acids is 1. The van der Waals surface area contributed by atoms with Crippen molar-refractivity contribution in [2.75, 3.05) is 23.3 Å². The molecular formula is C18H20N6O. The van der Waals surface area contributed by atoms with E-state index in [0.717, 1.165) is 42.2 Å². The number of nitrogens with two attached hydrogens (primary N) is 1. The average molecular weight is 336 g/mol. The Hall–Kier alpha value is -3.09. The van der Waals surface area contributed by atoms with Gasteiger partial charge >= 0.3 is 0 Å². The maximum Gasteiger partial charge on any atom is 0.250 e. The van der Waals surface area contributed by atoms with Gasteiger partial charge in [0, 0.05) is 37.2 Å². The molecule has 3 heterocycles. The lowest BCUT2D eigenvalue weighted by atomic mass is 10.1. The Morgan fingerprint density at radius 3 is 3.04 bits per heavy atom. The van der Waals surface area contributed by atoms with Gasteiger partial charge < -0.3 is 16.0 Å². The van der Waals surface area contributed by atoms with Crippen LogP contribution in [0.5, 0.6) is 0 Å². The summed E-state index contributed by atoms with van der Waals surface area (Å²) in [7, 11) is 0. The molecule has 1 aliphatic rings. The molecule has 1 atom stereocenters. The number of aryl methyl sites for hydroxylation is 1. The van der Waals surface area contributed by atoms with E-state index >= 15 is 0 Å². The monoisotopic (exact) mass is 336 g/mol. The lowest BCUT2D eigenvalue weighted by Gasteiger charge is -2.21. The highest BCUT2D eigenvalue weighted by atomic mass is 16.1. The zero-order valence-corrected chi connectivity index (χ0v) is 14.0. The summed E-state index contributed by atoms with van der Waals surface area (Å²) < 4.78 is 1.83. The van der Waals surface area contributed by atoms with Gasteiger partial charge in [0.2, 0.25) is 0 Å². The standard InChI is InChI=1S/C18H20N6O/c1-12-10-16-18(20-7-9-24(16)22-12)21-13-6-8-23(11-13)15-5-3-2-4-14(15)17(19)25/h2-5,7,9-10,13H,6,8,11H2,1H3,(H2,19,25)(H,20,21). The van der Waals surface area contributed by atoms with Crippen molar-refractivity contribution in [1.82, 2.24) is 14.6 Å². The Labute approximate surface area is 145 Å². The third-order valence-corrected chi connectivity index (χ3v) is 4.55. The minimum absolute atomic E-state index is 0.245. The number of hydrogen-bond donors (Lipinski definition) is 2. The van der Waals surface area contributed by atoms with Crippen molar-refractivity contribution >= 4 is 22.9 Å². The SMILES string of the molecule is Cc1cc2c(NC3CCN(c4ccccc4C(N)=O)C3)nccn2n1. The molecule has 0 saturated carbocycles. The lowest BCUT2D eigenvalue weighted by molar-refractivity contribution is 0.100. The molecule has 4 rings (SSSR count). The van der Waals surface area contributed by atoms with Crippen LogP contribution in [-0.4, -0.2) is 39.6 Å². The summed E-state index contributed by atoms with van der Waals surface area (Å²) in [6.07, 6.45) is 4.55. The van der Waals surface area contributed by atoms with Gasteiger partial charge in [-0.2, -0.15) is 5.10 Å². The first-order chi connectivity index (χ1) is 12.1. The van der Waals surface area contributed by atoms with Gasteiger partial charge in [-0.05, 0) is 31.5 Å². The zero-order valence-electron chi connectivity index (χ0n) is 14.0. The van der Waals surface area contributed by atoms with Gasteiger partial charge in [0.15, 0.2) is 5.82 Å². The number of amides is 1. The van der Waals surface area contributed by atoms with Crippen LogP contribution in [-0.2, 0) is 0 Å². The fourth-order valence-corrected chi connectivity index (χ4v) is 3.40. The quantitative estimate of drug-likeness (QED) is 0.759. The van der Waals surface area contributed by atoms with E-state index in [-0.39, 0.29) is 6.04 Å². The second kappa shape index (κ2) is 6.08. The Balaban J connectivity index is 1.54. The number of fused-ring (bicyclic) bond motifs is 1. The van der Waals surface area contributed by atoms with Crippen LogP contribution in [0.4, 0.5) is 11.5 Å². The number of primary amides is 1. The lowest BCUT2D eigenvalue weighted by Crippen LogP contribution is -2.28. The van der Waals surface area contributed by atoms with Gasteiger partial charge in [0.25, 0.3) is 5.91 Å². The van der Waals surface area contributed by atoms with Crippen LogP contribution in [0.25, 0.3) is 5.52 Å². The molecular weight excluding hydrogens is 316 g/mol. The Morgan fingerprint density at radius 1 is 1.36 bits per heavy atom. The Bertz CT molecular complexity index is 934. The minimum atomic E-state index is -0.395. The van der Waals surface area contributed by atoms with Gasteiger partial charge in [-0.1, -0.05) is 12.1 Å². The average Bonchev–Trinajstić information content (AvgIpc) is 3.21. The molecule has 1 fully saturated rings. The van der Waals surface area contributed by atoms with Gasteiger partial charge in [0.05, 0.1) is 11.3 Å². The van der Waals surface area contributed by atoms with Gasteiger partial charge in [-0.3, -0.25) is 4.79 Å². The van der Waals surface area contributed by atoms with Gasteiger partial charge in [0.1, 0.15) is 5.52 Å². The molecule has 3 aromatic rings. The highest BCUT2D eigenvalue weighted by molar-refractivity contribution is 5.98. The zero-order chi connectivity index (χ0) is 17.4. The Kier molecular flexibility index (Phi) is 3.76. The molecule has 1 aliphatic heterocycles. The Morgan fingerprint density at radius 2 is 2.20 bits per heavy atom. The molecule has 1 unspecified atom stereocenters. The van der Waals surface area contributed by atoms with Crippen LogP contribution < -0.4 is 16.0 Å². The molecule has 0 bridgehead atoms. The number of anilines is 2. The topological polar surface area (TPSA) is 88.5 Å². The number of nitrogens with zero attached hydrogens (tertiary/aromatic N) is 4. The summed E-state index contributed by atoms with van der Waals surface area (Å²) >= 11 is 0. The van der Waals surface area contributed by atoms with Crippen LogP contribution in [0.1, 0.15) is 22.5 Å². The van der Waals surface area contributed by atoms with Crippen molar-refractivity contribution in [2.24, 2.45) is 5.73 Å². The smallest absolute Gasteiger partial charge is 0.250 e. The first-order valence-electron chi connectivity index (χ1n) is 8.33. The van der Waals surface area contributed by atoms with E-state index in [2.05, 4.69) is 20.3 Å². The first kappa shape index (κ1) is 15.4.